The highest BCUT2D eigenvalue weighted by Gasteiger charge is 2.13. The number of hydrogen-bond acceptors (Lipinski definition) is 3. The molecule has 1 aliphatic rings. The van der Waals surface area contributed by atoms with E-state index in [1.54, 1.807) is 18.2 Å². The Balaban J connectivity index is 1.48. The van der Waals surface area contributed by atoms with E-state index >= 15 is 0 Å². The van der Waals surface area contributed by atoms with Crippen molar-refractivity contribution in [3.8, 4) is 11.5 Å². The summed E-state index contributed by atoms with van der Waals surface area (Å²) in [7, 11) is 0. The molecule has 0 saturated heterocycles. The number of nitrogens with one attached hydrogen (secondary N) is 2. The summed E-state index contributed by atoms with van der Waals surface area (Å²) in [5.74, 6) is 1.32. The Morgan fingerprint density at radius 2 is 2.00 bits per heavy atom. The van der Waals surface area contributed by atoms with Gasteiger partial charge in [0.15, 0.2) is 11.5 Å². The maximum absolute atomic E-state index is 11.8. The molecule has 0 aromatic heterocycles. The van der Waals surface area contributed by atoms with Crippen LogP contribution in [0.2, 0.25) is 5.02 Å². The Morgan fingerprint density at radius 3 is 2.86 bits per heavy atom. The topological polar surface area (TPSA) is 59.6 Å². The normalized spacial score (nSPS) is 12.0. The first kappa shape index (κ1) is 14.5. The van der Waals surface area contributed by atoms with Gasteiger partial charge in [-0.15, -0.1) is 0 Å². The molecule has 0 unspecified atom stereocenters. The number of fused-ring (bicyclic) bond motifs is 1. The van der Waals surface area contributed by atoms with Gasteiger partial charge in [-0.05, 0) is 36.2 Å². The van der Waals surface area contributed by atoms with E-state index in [0.717, 1.165) is 12.0 Å². The monoisotopic (exact) mass is 318 g/mol. The van der Waals surface area contributed by atoms with Crippen LogP contribution in [-0.4, -0.2) is 19.4 Å². The van der Waals surface area contributed by atoms with Gasteiger partial charge < -0.3 is 20.1 Å². The van der Waals surface area contributed by atoms with Gasteiger partial charge in [0.25, 0.3) is 0 Å². The second kappa shape index (κ2) is 6.58. The van der Waals surface area contributed by atoms with Crippen LogP contribution in [0.4, 0.5) is 10.5 Å². The summed E-state index contributed by atoms with van der Waals surface area (Å²) in [6.45, 7) is 0.737. The summed E-state index contributed by atoms with van der Waals surface area (Å²) >= 11 is 5.92. The molecular formula is C16H15ClN2O3. The molecule has 2 aromatic carbocycles. The number of amides is 2. The number of ether oxygens (including phenoxy) is 2. The van der Waals surface area contributed by atoms with Gasteiger partial charge in [-0.2, -0.15) is 0 Å². The smallest absolute Gasteiger partial charge is 0.319 e. The molecule has 0 saturated carbocycles. The molecule has 0 aliphatic carbocycles. The molecule has 0 radical (unpaired) electrons. The summed E-state index contributed by atoms with van der Waals surface area (Å²) in [5, 5.41) is 6.26. The second-order valence-corrected chi connectivity index (χ2v) is 5.27. The average Bonchev–Trinajstić information content (AvgIpc) is 2.95. The third-order valence-corrected chi connectivity index (χ3v) is 3.45. The molecule has 0 spiro atoms. The van der Waals surface area contributed by atoms with Crippen molar-refractivity contribution in [1.82, 2.24) is 5.32 Å². The van der Waals surface area contributed by atoms with Gasteiger partial charge in [-0.25, -0.2) is 4.79 Å². The lowest BCUT2D eigenvalue weighted by atomic mass is 10.1. The molecule has 0 fully saturated rings. The Bertz CT molecular complexity index is 691. The number of rotatable bonds is 4. The van der Waals surface area contributed by atoms with Gasteiger partial charge in [0.2, 0.25) is 6.79 Å². The van der Waals surface area contributed by atoms with E-state index in [4.69, 9.17) is 21.1 Å². The molecule has 114 valence electrons. The third kappa shape index (κ3) is 3.62. The minimum atomic E-state index is -0.263. The fourth-order valence-corrected chi connectivity index (χ4v) is 2.38. The zero-order valence-corrected chi connectivity index (χ0v) is 12.5. The molecule has 0 bridgehead atoms. The zero-order valence-electron chi connectivity index (χ0n) is 11.8. The van der Waals surface area contributed by atoms with Crippen molar-refractivity contribution in [2.75, 3.05) is 18.7 Å². The molecule has 1 heterocycles. The third-order valence-electron chi connectivity index (χ3n) is 3.22. The van der Waals surface area contributed by atoms with Crippen LogP contribution in [0.15, 0.2) is 42.5 Å². The number of hydrogen-bond donors (Lipinski definition) is 2. The fourth-order valence-electron chi connectivity index (χ4n) is 2.16. The van der Waals surface area contributed by atoms with Gasteiger partial charge in [-0.1, -0.05) is 23.7 Å². The summed E-state index contributed by atoms with van der Waals surface area (Å²) in [6, 6.07) is 12.6. The number of urea groups is 1. The minimum Gasteiger partial charge on any atom is -0.454 e. The molecule has 0 atom stereocenters. The number of carbonyl (C=O) groups is 1. The number of carbonyl (C=O) groups excluding carboxylic acids is 1. The maximum Gasteiger partial charge on any atom is 0.319 e. The molecule has 3 rings (SSSR count). The fraction of sp³-hybridized carbons (Fsp3) is 0.188. The highest BCUT2D eigenvalue weighted by molar-refractivity contribution is 6.30. The number of benzene rings is 2. The average molecular weight is 319 g/mol. The lowest BCUT2D eigenvalue weighted by molar-refractivity contribution is 0.174. The van der Waals surface area contributed by atoms with Gasteiger partial charge in [0, 0.05) is 23.3 Å². The lowest BCUT2D eigenvalue weighted by Crippen LogP contribution is -2.30. The Morgan fingerprint density at radius 1 is 1.14 bits per heavy atom. The summed E-state index contributed by atoms with van der Waals surface area (Å²) < 4.78 is 10.5. The first-order chi connectivity index (χ1) is 10.7. The van der Waals surface area contributed by atoms with Crippen molar-refractivity contribution in [3.05, 3.63) is 53.1 Å². The minimum absolute atomic E-state index is 0.213. The van der Waals surface area contributed by atoms with Crippen molar-refractivity contribution >= 4 is 23.3 Å². The summed E-state index contributed by atoms with van der Waals surface area (Å²) in [4.78, 5) is 11.8. The number of anilines is 1. The van der Waals surface area contributed by atoms with E-state index in [1.165, 1.54) is 0 Å². The zero-order chi connectivity index (χ0) is 15.4. The number of halogens is 1. The van der Waals surface area contributed by atoms with E-state index in [2.05, 4.69) is 10.6 Å². The highest BCUT2D eigenvalue weighted by Crippen LogP contribution is 2.34. The van der Waals surface area contributed by atoms with Gasteiger partial charge in [-0.3, -0.25) is 0 Å². The standard InChI is InChI=1S/C16H15ClN2O3/c17-12-3-1-2-11(8-12)6-7-18-16(20)19-13-4-5-14-15(9-13)22-10-21-14/h1-5,8-9H,6-7,10H2,(H2,18,19,20). The predicted molar refractivity (Wildman–Crippen MR) is 84.7 cm³/mol. The van der Waals surface area contributed by atoms with Gasteiger partial charge in [0.05, 0.1) is 0 Å². The van der Waals surface area contributed by atoms with E-state index in [0.29, 0.717) is 28.8 Å². The Kier molecular flexibility index (Phi) is 4.34. The van der Waals surface area contributed by atoms with Crippen molar-refractivity contribution in [1.29, 1.82) is 0 Å². The molecule has 6 heteroatoms. The van der Waals surface area contributed by atoms with Crippen LogP contribution < -0.4 is 20.1 Å². The van der Waals surface area contributed by atoms with Crippen LogP contribution in [0, 0.1) is 0 Å². The second-order valence-electron chi connectivity index (χ2n) is 4.83. The van der Waals surface area contributed by atoms with Crippen molar-refractivity contribution in [2.45, 2.75) is 6.42 Å². The van der Waals surface area contributed by atoms with Crippen LogP contribution in [0.3, 0.4) is 0 Å². The molecule has 2 amide bonds. The van der Waals surface area contributed by atoms with Crippen LogP contribution >= 0.6 is 11.6 Å². The quantitative estimate of drug-likeness (QED) is 0.908. The molecule has 2 aromatic rings. The van der Waals surface area contributed by atoms with Crippen molar-refractivity contribution < 1.29 is 14.3 Å². The summed E-state index contributed by atoms with van der Waals surface area (Å²) in [6.07, 6.45) is 0.717. The lowest BCUT2D eigenvalue weighted by Gasteiger charge is -2.08. The first-order valence-corrected chi connectivity index (χ1v) is 7.27. The van der Waals surface area contributed by atoms with Crippen LogP contribution in [0.1, 0.15) is 5.56 Å². The Labute approximate surface area is 133 Å². The first-order valence-electron chi connectivity index (χ1n) is 6.90. The molecule has 5 nitrogen and oxygen atoms in total. The van der Waals surface area contributed by atoms with Crippen molar-refractivity contribution in [3.63, 3.8) is 0 Å². The van der Waals surface area contributed by atoms with Crippen molar-refractivity contribution in [2.24, 2.45) is 0 Å². The van der Waals surface area contributed by atoms with Crippen LogP contribution in [0.25, 0.3) is 0 Å². The van der Waals surface area contributed by atoms with Gasteiger partial charge in [0.1, 0.15) is 0 Å². The summed E-state index contributed by atoms with van der Waals surface area (Å²) in [5.41, 5.74) is 1.74. The van der Waals surface area contributed by atoms with E-state index in [-0.39, 0.29) is 12.8 Å². The van der Waals surface area contributed by atoms with Gasteiger partial charge >= 0.3 is 6.03 Å². The highest BCUT2D eigenvalue weighted by atomic mass is 35.5. The molecule has 2 N–H and O–H groups in total. The van der Waals surface area contributed by atoms with E-state index < -0.39 is 0 Å². The predicted octanol–water partition coefficient (Wildman–Crippen LogP) is 3.43. The van der Waals surface area contributed by atoms with E-state index in [1.807, 2.05) is 24.3 Å². The van der Waals surface area contributed by atoms with Crippen LogP contribution in [0.5, 0.6) is 11.5 Å². The molecule has 22 heavy (non-hydrogen) atoms. The Hall–Kier alpha value is -2.40. The maximum atomic E-state index is 11.8. The molecular weight excluding hydrogens is 304 g/mol. The van der Waals surface area contributed by atoms with Crippen LogP contribution in [-0.2, 0) is 6.42 Å². The molecule has 1 aliphatic heterocycles. The SMILES string of the molecule is O=C(NCCc1cccc(Cl)c1)Nc1ccc2c(c1)OCO2. The van der Waals surface area contributed by atoms with E-state index in [9.17, 15) is 4.79 Å². The largest absolute Gasteiger partial charge is 0.454 e.